The second-order valence-corrected chi connectivity index (χ2v) is 8.65. The molecule has 2 aliphatic heterocycles. The monoisotopic (exact) mass is 516 g/mol. The number of esters is 2. The van der Waals surface area contributed by atoms with Crippen molar-refractivity contribution >= 4 is 23.8 Å². The summed E-state index contributed by atoms with van der Waals surface area (Å²) in [6.45, 7) is 1.27. The van der Waals surface area contributed by atoms with Gasteiger partial charge in [0.25, 0.3) is 0 Å². The Labute approximate surface area is 218 Å². The second kappa shape index (κ2) is 9.93. The molecule has 2 heterocycles. The van der Waals surface area contributed by atoms with E-state index in [1.165, 1.54) is 21.1 Å². The minimum Gasteiger partial charge on any atom is -0.497 e. The Hall–Kier alpha value is -4.79. The molecule has 0 bridgehead atoms. The van der Waals surface area contributed by atoms with Crippen LogP contribution in [0.1, 0.15) is 46.3 Å². The smallest absolute Gasteiger partial charge is 0.312 e. The maximum Gasteiger partial charge on any atom is 0.312 e. The van der Waals surface area contributed by atoms with E-state index in [2.05, 4.69) is 0 Å². The lowest BCUT2D eigenvalue weighted by Crippen LogP contribution is -2.21. The molecular weight excluding hydrogens is 492 g/mol. The molecule has 0 radical (unpaired) electrons. The highest BCUT2D eigenvalue weighted by Crippen LogP contribution is 2.51. The Morgan fingerprint density at radius 2 is 1.61 bits per heavy atom. The Morgan fingerprint density at radius 1 is 0.921 bits per heavy atom. The van der Waals surface area contributed by atoms with E-state index in [9.17, 15) is 14.4 Å². The first kappa shape index (κ1) is 24.9. The van der Waals surface area contributed by atoms with E-state index in [1.54, 1.807) is 49.6 Å². The van der Waals surface area contributed by atoms with E-state index in [1.807, 2.05) is 12.1 Å². The summed E-state index contributed by atoms with van der Waals surface area (Å²) in [5.41, 5.74) is 2.30. The van der Waals surface area contributed by atoms with Crippen LogP contribution in [-0.2, 0) is 9.59 Å². The van der Waals surface area contributed by atoms with Gasteiger partial charge in [-0.25, -0.2) is 0 Å². The van der Waals surface area contributed by atoms with E-state index in [4.69, 9.17) is 28.4 Å². The summed E-state index contributed by atoms with van der Waals surface area (Å²) in [7, 11) is 4.45. The van der Waals surface area contributed by atoms with Gasteiger partial charge in [0.2, 0.25) is 11.5 Å². The predicted octanol–water partition coefficient (Wildman–Crippen LogP) is 4.69. The van der Waals surface area contributed by atoms with Crippen molar-refractivity contribution in [2.75, 3.05) is 21.3 Å². The first-order valence-corrected chi connectivity index (χ1v) is 11.7. The van der Waals surface area contributed by atoms with Crippen LogP contribution in [0.5, 0.6) is 34.5 Å². The normalized spacial score (nSPS) is 16.7. The van der Waals surface area contributed by atoms with Crippen LogP contribution in [0.4, 0.5) is 0 Å². The van der Waals surface area contributed by atoms with Crippen molar-refractivity contribution in [1.29, 1.82) is 0 Å². The number of hydrogen-bond acceptors (Lipinski definition) is 9. The first-order valence-electron chi connectivity index (χ1n) is 11.7. The van der Waals surface area contributed by atoms with E-state index in [0.29, 0.717) is 33.9 Å². The number of ether oxygens (including phenoxy) is 6. The zero-order chi connectivity index (χ0) is 27.0. The van der Waals surface area contributed by atoms with Gasteiger partial charge in [0.1, 0.15) is 17.2 Å². The summed E-state index contributed by atoms with van der Waals surface area (Å²) < 4.78 is 33.1. The Bertz CT molecular complexity index is 1460. The van der Waals surface area contributed by atoms with E-state index in [0.717, 1.165) is 5.56 Å². The van der Waals surface area contributed by atoms with Crippen molar-refractivity contribution < 1.29 is 42.8 Å². The number of Topliss-reactive ketones (excluding diaryl/α,β-unsaturated/α-hetero) is 1. The number of hydrogen-bond donors (Lipinski definition) is 0. The molecule has 1 atom stereocenters. The van der Waals surface area contributed by atoms with Crippen molar-refractivity contribution in [2.24, 2.45) is 0 Å². The van der Waals surface area contributed by atoms with Crippen LogP contribution in [0.2, 0.25) is 0 Å². The van der Waals surface area contributed by atoms with Crippen LogP contribution in [-0.4, -0.2) is 39.1 Å². The van der Waals surface area contributed by atoms with Crippen molar-refractivity contribution in [2.45, 2.75) is 19.3 Å². The van der Waals surface area contributed by atoms with Crippen LogP contribution in [0.15, 0.2) is 54.3 Å². The summed E-state index contributed by atoms with van der Waals surface area (Å²) >= 11 is 0. The van der Waals surface area contributed by atoms with E-state index < -0.39 is 17.9 Å². The average molecular weight is 517 g/mol. The highest BCUT2D eigenvalue weighted by Gasteiger charge is 2.39. The number of allylic oxidation sites excluding steroid dienone is 1. The highest BCUT2D eigenvalue weighted by atomic mass is 16.6. The number of rotatable bonds is 6. The molecule has 9 nitrogen and oxygen atoms in total. The zero-order valence-electron chi connectivity index (χ0n) is 21.2. The van der Waals surface area contributed by atoms with Crippen LogP contribution in [0.3, 0.4) is 0 Å². The second-order valence-electron chi connectivity index (χ2n) is 8.65. The van der Waals surface area contributed by atoms with Crippen molar-refractivity contribution in [3.8, 4) is 34.5 Å². The third-order valence-corrected chi connectivity index (χ3v) is 6.32. The van der Waals surface area contributed by atoms with Gasteiger partial charge >= 0.3 is 11.9 Å². The molecule has 9 heteroatoms. The fourth-order valence-electron chi connectivity index (χ4n) is 4.59. The lowest BCUT2D eigenvalue weighted by atomic mass is 9.84. The summed E-state index contributed by atoms with van der Waals surface area (Å²) in [5, 5.41) is 0. The predicted molar refractivity (Wildman–Crippen MR) is 135 cm³/mol. The number of ketones is 1. The number of carbonyl (C=O) groups is 3. The van der Waals surface area contributed by atoms with Gasteiger partial charge in [-0.05, 0) is 53.6 Å². The van der Waals surface area contributed by atoms with Gasteiger partial charge in [-0.15, -0.1) is 0 Å². The van der Waals surface area contributed by atoms with E-state index >= 15 is 0 Å². The minimum atomic E-state index is -0.552. The van der Waals surface area contributed by atoms with Gasteiger partial charge in [-0.1, -0.05) is 12.1 Å². The van der Waals surface area contributed by atoms with Crippen molar-refractivity contribution in [3.63, 3.8) is 0 Å². The molecule has 1 unspecified atom stereocenters. The topological polar surface area (TPSA) is 107 Å². The summed E-state index contributed by atoms with van der Waals surface area (Å²) in [4.78, 5) is 37.5. The maximum atomic E-state index is 13.3. The lowest BCUT2D eigenvalue weighted by Gasteiger charge is -2.27. The number of benzene rings is 3. The van der Waals surface area contributed by atoms with Gasteiger partial charge in [0.15, 0.2) is 17.3 Å². The molecule has 0 aromatic heterocycles. The quantitative estimate of drug-likeness (QED) is 0.262. The molecule has 38 heavy (non-hydrogen) atoms. The molecule has 0 saturated heterocycles. The molecule has 0 aliphatic carbocycles. The number of methoxy groups -OCH3 is 3. The maximum absolute atomic E-state index is 13.3. The zero-order valence-corrected chi connectivity index (χ0v) is 21.2. The number of carbonyl (C=O) groups excluding carboxylic acids is 3. The molecule has 0 amide bonds. The average Bonchev–Trinajstić information content (AvgIpc) is 3.23. The Balaban J connectivity index is 1.60. The molecule has 0 N–H and O–H groups in total. The fraction of sp³-hybridized carbons (Fsp3) is 0.207. The summed E-state index contributed by atoms with van der Waals surface area (Å²) in [6.07, 6.45) is 1.63. The molecule has 3 aromatic carbocycles. The van der Waals surface area contributed by atoms with Gasteiger partial charge in [0, 0.05) is 18.4 Å². The Kier molecular flexibility index (Phi) is 6.50. The van der Waals surface area contributed by atoms with Crippen molar-refractivity contribution in [3.05, 3.63) is 76.5 Å². The van der Waals surface area contributed by atoms with E-state index in [-0.39, 0.29) is 35.2 Å². The molecular formula is C29H24O9. The lowest BCUT2D eigenvalue weighted by molar-refractivity contribution is -0.135. The van der Waals surface area contributed by atoms with Crippen LogP contribution in [0.25, 0.3) is 6.08 Å². The molecule has 0 fully saturated rings. The molecule has 3 aromatic rings. The van der Waals surface area contributed by atoms with Crippen LogP contribution >= 0.6 is 0 Å². The number of fused-ring (bicyclic) bond motifs is 3. The van der Waals surface area contributed by atoms with Gasteiger partial charge < -0.3 is 28.4 Å². The van der Waals surface area contributed by atoms with Gasteiger partial charge in [-0.3, -0.25) is 14.4 Å². The van der Waals surface area contributed by atoms with Crippen LogP contribution in [0, 0.1) is 0 Å². The third kappa shape index (κ3) is 4.43. The SMILES string of the molecule is COc1ccc(/C=C2/Oc3c(ccc4c3C(c3cc(OC)c(OC(C)=O)c(OC)c3)CC(=O)O4)C2=O)cc1. The molecule has 0 spiro atoms. The largest absolute Gasteiger partial charge is 0.497 e. The fourth-order valence-corrected chi connectivity index (χ4v) is 4.59. The third-order valence-electron chi connectivity index (χ3n) is 6.32. The van der Waals surface area contributed by atoms with Crippen molar-refractivity contribution in [1.82, 2.24) is 0 Å². The summed E-state index contributed by atoms with van der Waals surface area (Å²) in [5.74, 6) is 0.270. The molecule has 2 aliphatic rings. The highest BCUT2D eigenvalue weighted by molar-refractivity contribution is 6.15. The van der Waals surface area contributed by atoms with Gasteiger partial charge in [-0.2, -0.15) is 0 Å². The summed E-state index contributed by atoms with van der Waals surface area (Å²) in [6, 6.07) is 13.7. The minimum absolute atomic E-state index is 0.0161. The molecule has 0 saturated carbocycles. The molecule has 5 rings (SSSR count). The van der Waals surface area contributed by atoms with Gasteiger partial charge in [0.05, 0.1) is 33.3 Å². The molecule has 194 valence electrons. The van der Waals surface area contributed by atoms with Crippen LogP contribution < -0.4 is 28.4 Å². The standard InChI is InChI=1S/C29H24O9/c1-15(30)36-29-23(34-3)12-17(13-24(29)35-4)20-14-25(31)37-21-10-9-19-27(32)22(38-28(19)26(20)21)11-16-5-7-18(33-2)8-6-16/h5-13,20H,14H2,1-4H3/b22-11+. The Morgan fingerprint density at radius 3 is 2.21 bits per heavy atom. The first-order chi connectivity index (χ1) is 18.3.